The average Bonchev–Trinajstić information content (AvgIpc) is 3.04. The minimum Gasteiger partial charge on any atom is -0.490 e. The summed E-state index contributed by atoms with van der Waals surface area (Å²) in [5.74, 6) is 1.59. The predicted octanol–water partition coefficient (Wildman–Crippen LogP) is 3.63. The van der Waals surface area contributed by atoms with Gasteiger partial charge in [-0.25, -0.2) is 0 Å². The minimum absolute atomic E-state index is 0.114. The Kier molecular flexibility index (Phi) is 3.79. The molecular formula is C17H24O2. The van der Waals surface area contributed by atoms with E-state index < -0.39 is 0 Å². The van der Waals surface area contributed by atoms with Crippen LogP contribution in [0.2, 0.25) is 0 Å². The Morgan fingerprint density at radius 3 is 2.89 bits per heavy atom. The Morgan fingerprint density at radius 1 is 1.32 bits per heavy atom. The molecule has 2 unspecified atom stereocenters. The number of hydrogen-bond acceptors (Lipinski definition) is 2. The molecule has 0 aromatic heterocycles. The van der Waals surface area contributed by atoms with Crippen LogP contribution < -0.4 is 4.74 Å². The first-order chi connectivity index (χ1) is 9.22. The first kappa shape index (κ1) is 13.0. The van der Waals surface area contributed by atoms with Gasteiger partial charge in [0.15, 0.2) is 0 Å². The maximum absolute atomic E-state index is 10.2. The maximum atomic E-state index is 10.2. The molecular weight excluding hydrogens is 236 g/mol. The van der Waals surface area contributed by atoms with Gasteiger partial charge in [-0.1, -0.05) is 30.5 Å². The summed E-state index contributed by atoms with van der Waals surface area (Å²) >= 11 is 0. The van der Waals surface area contributed by atoms with E-state index in [1.165, 1.54) is 36.8 Å². The number of benzene rings is 1. The highest BCUT2D eigenvalue weighted by molar-refractivity contribution is 5.40. The van der Waals surface area contributed by atoms with Crippen LogP contribution >= 0.6 is 0 Å². The Hall–Kier alpha value is -1.02. The van der Waals surface area contributed by atoms with Gasteiger partial charge >= 0.3 is 0 Å². The highest BCUT2D eigenvalue weighted by Gasteiger charge is 2.27. The number of rotatable bonds is 4. The molecule has 3 rings (SSSR count). The van der Waals surface area contributed by atoms with Crippen molar-refractivity contribution < 1.29 is 9.84 Å². The lowest BCUT2D eigenvalue weighted by molar-refractivity contribution is 0.0852. The van der Waals surface area contributed by atoms with E-state index in [0.717, 1.165) is 25.0 Å². The minimum atomic E-state index is -0.114. The van der Waals surface area contributed by atoms with Crippen LogP contribution in [0.5, 0.6) is 5.75 Å². The fraction of sp³-hybridized carbons (Fsp3) is 0.647. The van der Waals surface area contributed by atoms with Gasteiger partial charge < -0.3 is 9.84 Å². The largest absolute Gasteiger partial charge is 0.490 e. The topological polar surface area (TPSA) is 29.5 Å². The zero-order valence-corrected chi connectivity index (χ0v) is 11.8. The Labute approximate surface area is 115 Å². The van der Waals surface area contributed by atoms with E-state index in [4.69, 9.17) is 4.74 Å². The van der Waals surface area contributed by atoms with Crippen LogP contribution in [0.1, 0.15) is 49.7 Å². The quantitative estimate of drug-likeness (QED) is 0.895. The van der Waals surface area contributed by atoms with Crippen LogP contribution in [0, 0.1) is 12.8 Å². The SMILES string of the molecule is Cc1ccc2c(c1)CC(CCC(O)C1CCCC1)O2. The number of aryl methyl sites for hydroxylation is 1. The second kappa shape index (κ2) is 5.54. The summed E-state index contributed by atoms with van der Waals surface area (Å²) in [5, 5.41) is 10.2. The lowest BCUT2D eigenvalue weighted by atomic mass is 9.95. The van der Waals surface area contributed by atoms with Gasteiger partial charge in [0.1, 0.15) is 11.9 Å². The highest BCUT2D eigenvalue weighted by atomic mass is 16.5. The lowest BCUT2D eigenvalue weighted by Gasteiger charge is -2.19. The van der Waals surface area contributed by atoms with E-state index in [2.05, 4.69) is 25.1 Å². The Balaban J connectivity index is 1.50. The molecule has 1 aliphatic heterocycles. The zero-order valence-electron chi connectivity index (χ0n) is 11.8. The van der Waals surface area contributed by atoms with Crippen LogP contribution in [0.15, 0.2) is 18.2 Å². The van der Waals surface area contributed by atoms with Gasteiger partial charge in [0, 0.05) is 6.42 Å². The van der Waals surface area contributed by atoms with Gasteiger partial charge in [-0.15, -0.1) is 0 Å². The average molecular weight is 260 g/mol. The van der Waals surface area contributed by atoms with E-state index in [1.54, 1.807) is 0 Å². The molecule has 1 heterocycles. The first-order valence-corrected chi connectivity index (χ1v) is 7.66. The van der Waals surface area contributed by atoms with Crippen molar-refractivity contribution in [3.8, 4) is 5.75 Å². The maximum Gasteiger partial charge on any atom is 0.123 e. The first-order valence-electron chi connectivity index (χ1n) is 7.66. The smallest absolute Gasteiger partial charge is 0.123 e. The number of aliphatic hydroxyl groups excluding tert-OH is 1. The summed E-state index contributed by atoms with van der Waals surface area (Å²) in [5.41, 5.74) is 2.63. The zero-order chi connectivity index (χ0) is 13.2. The second-order valence-electron chi connectivity index (χ2n) is 6.24. The molecule has 2 nitrogen and oxygen atoms in total. The van der Waals surface area contributed by atoms with E-state index >= 15 is 0 Å². The van der Waals surface area contributed by atoms with Crippen molar-refractivity contribution in [2.45, 2.75) is 64.1 Å². The van der Waals surface area contributed by atoms with Crippen LogP contribution in [0.4, 0.5) is 0 Å². The van der Waals surface area contributed by atoms with Gasteiger partial charge in [-0.2, -0.15) is 0 Å². The van der Waals surface area contributed by atoms with Gasteiger partial charge in [0.25, 0.3) is 0 Å². The van der Waals surface area contributed by atoms with Crippen LogP contribution in [-0.4, -0.2) is 17.3 Å². The summed E-state index contributed by atoms with van der Waals surface area (Å²) in [7, 11) is 0. The number of hydrogen-bond donors (Lipinski definition) is 1. The number of ether oxygens (including phenoxy) is 1. The lowest BCUT2D eigenvalue weighted by Crippen LogP contribution is -2.22. The molecule has 0 bridgehead atoms. The molecule has 1 aromatic carbocycles. The molecule has 0 amide bonds. The molecule has 2 atom stereocenters. The van der Waals surface area contributed by atoms with E-state index in [-0.39, 0.29) is 12.2 Å². The molecule has 2 heteroatoms. The number of fused-ring (bicyclic) bond motifs is 1. The fourth-order valence-corrected chi connectivity index (χ4v) is 3.54. The second-order valence-corrected chi connectivity index (χ2v) is 6.24. The number of aliphatic hydroxyl groups is 1. The highest BCUT2D eigenvalue weighted by Crippen LogP contribution is 2.33. The van der Waals surface area contributed by atoms with Crippen molar-refractivity contribution in [1.29, 1.82) is 0 Å². The molecule has 1 N–H and O–H groups in total. The van der Waals surface area contributed by atoms with Crippen molar-refractivity contribution in [2.24, 2.45) is 5.92 Å². The summed E-state index contributed by atoms with van der Waals surface area (Å²) in [6.07, 6.45) is 8.06. The third-order valence-electron chi connectivity index (χ3n) is 4.69. The predicted molar refractivity (Wildman–Crippen MR) is 76.5 cm³/mol. The van der Waals surface area contributed by atoms with Gasteiger partial charge in [-0.05, 0) is 50.2 Å². The Bertz CT molecular complexity index is 435. The van der Waals surface area contributed by atoms with Crippen LogP contribution in [0.25, 0.3) is 0 Å². The molecule has 104 valence electrons. The summed E-state index contributed by atoms with van der Waals surface area (Å²) in [6.45, 7) is 2.12. The summed E-state index contributed by atoms with van der Waals surface area (Å²) in [6, 6.07) is 6.41. The standard InChI is InChI=1S/C17H24O2/c1-12-6-9-17-14(10-12)11-15(19-17)7-8-16(18)13-4-2-3-5-13/h6,9-10,13,15-16,18H,2-5,7-8,11H2,1H3. The third kappa shape index (κ3) is 2.94. The molecule has 19 heavy (non-hydrogen) atoms. The van der Waals surface area contributed by atoms with Gasteiger partial charge in [0.2, 0.25) is 0 Å². The van der Waals surface area contributed by atoms with Gasteiger partial charge in [0.05, 0.1) is 6.10 Å². The van der Waals surface area contributed by atoms with E-state index in [1.807, 2.05) is 0 Å². The Morgan fingerprint density at radius 2 is 2.11 bits per heavy atom. The third-order valence-corrected chi connectivity index (χ3v) is 4.69. The molecule has 1 aliphatic carbocycles. The molecule has 1 fully saturated rings. The molecule has 0 spiro atoms. The summed E-state index contributed by atoms with van der Waals surface area (Å²) < 4.78 is 5.96. The monoisotopic (exact) mass is 260 g/mol. The van der Waals surface area contributed by atoms with Gasteiger partial charge in [-0.3, -0.25) is 0 Å². The van der Waals surface area contributed by atoms with Crippen molar-refractivity contribution in [3.63, 3.8) is 0 Å². The van der Waals surface area contributed by atoms with Crippen molar-refractivity contribution in [1.82, 2.24) is 0 Å². The fourth-order valence-electron chi connectivity index (χ4n) is 3.54. The van der Waals surface area contributed by atoms with Crippen molar-refractivity contribution in [3.05, 3.63) is 29.3 Å². The summed E-state index contributed by atoms with van der Waals surface area (Å²) in [4.78, 5) is 0. The van der Waals surface area contributed by atoms with Crippen LogP contribution in [-0.2, 0) is 6.42 Å². The normalized spacial score (nSPS) is 24.2. The van der Waals surface area contributed by atoms with E-state index in [0.29, 0.717) is 5.92 Å². The molecule has 0 saturated heterocycles. The van der Waals surface area contributed by atoms with Crippen molar-refractivity contribution >= 4 is 0 Å². The molecule has 2 aliphatic rings. The molecule has 1 aromatic rings. The molecule has 0 radical (unpaired) electrons. The van der Waals surface area contributed by atoms with Crippen LogP contribution in [0.3, 0.4) is 0 Å². The van der Waals surface area contributed by atoms with Crippen molar-refractivity contribution in [2.75, 3.05) is 0 Å². The van der Waals surface area contributed by atoms with E-state index in [9.17, 15) is 5.11 Å². The molecule has 1 saturated carbocycles.